The average molecular weight is 337 g/mol. The SMILES string of the molecule is CC(C)Cc1ccc(C(O)c2c(F)cccc2Br)cc1. The smallest absolute Gasteiger partial charge is 0.130 e. The van der Waals surface area contributed by atoms with Gasteiger partial charge in [0.15, 0.2) is 0 Å². The zero-order valence-electron chi connectivity index (χ0n) is 11.6. The molecule has 1 unspecified atom stereocenters. The molecule has 0 aliphatic heterocycles. The number of aliphatic hydroxyl groups is 1. The highest BCUT2D eigenvalue weighted by atomic mass is 79.9. The van der Waals surface area contributed by atoms with Crippen molar-refractivity contribution in [2.24, 2.45) is 5.92 Å². The van der Waals surface area contributed by atoms with Gasteiger partial charge in [-0.1, -0.05) is 60.1 Å². The van der Waals surface area contributed by atoms with Crippen LogP contribution in [-0.4, -0.2) is 5.11 Å². The summed E-state index contributed by atoms with van der Waals surface area (Å²) in [5.74, 6) is 0.185. The lowest BCUT2D eigenvalue weighted by molar-refractivity contribution is 0.214. The van der Waals surface area contributed by atoms with Gasteiger partial charge in [0.05, 0.1) is 0 Å². The molecule has 0 saturated carbocycles. The topological polar surface area (TPSA) is 20.2 Å². The normalized spacial score (nSPS) is 12.7. The van der Waals surface area contributed by atoms with Gasteiger partial charge in [0.2, 0.25) is 0 Å². The molecule has 0 spiro atoms. The maximum absolute atomic E-state index is 13.8. The first-order valence-corrected chi connectivity index (χ1v) is 7.49. The maximum atomic E-state index is 13.8. The Bertz CT molecular complexity index is 558. The van der Waals surface area contributed by atoms with Crippen molar-refractivity contribution in [2.45, 2.75) is 26.4 Å². The molecule has 1 nitrogen and oxygen atoms in total. The number of rotatable bonds is 4. The lowest BCUT2D eigenvalue weighted by Crippen LogP contribution is -2.04. The van der Waals surface area contributed by atoms with E-state index in [1.54, 1.807) is 12.1 Å². The summed E-state index contributed by atoms with van der Waals surface area (Å²) < 4.78 is 14.4. The second-order valence-corrected chi connectivity index (χ2v) is 6.23. The van der Waals surface area contributed by atoms with Gasteiger partial charge in [-0.15, -0.1) is 0 Å². The molecule has 20 heavy (non-hydrogen) atoms. The van der Waals surface area contributed by atoms with E-state index in [1.165, 1.54) is 11.6 Å². The summed E-state index contributed by atoms with van der Waals surface area (Å²) in [6.45, 7) is 4.33. The lowest BCUT2D eigenvalue weighted by atomic mass is 9.97. The van der Waals surface area contributed by atoms with Gasteiger partial charge in [-0.25, -0.2) is 4.39 Å². The Kier molecular flexibility index (Phi) is 4.95. The zero-order chi connectivity index (χ0) is 14.7. The number of hydrogen-bond donors (Lipinski definition) is 1. The van der Waals surface area contributed by atoms with Crippen LogP contribution < -0.4 is 0 Å². The van der Waals surface area contributed by atoms with Gasteiger partial charge < -0.3 is 5.11 Å². The fraction of sp³-hybridized carbons (Fsp3) is 0.294. The maximum Gasteiger partial charge on any atom is 0.130 e. The summed E-state index contributed by atoms with van der Waals surface area (Å²) >= 11 is 3.29. The van der Waals surface area contributed by atoms with Gasteiger partial charge in [-0.3, -0.25) is 0 Å². The summed E-state index contributed by atoms with van der Waals surface area (Å²) in [4.78, 5) is 0. The Morgan fingerprint density at radius 3 is 2.30 bits per heavy atom. The molecule has 0 aliphatic rings. The van der Waals surface area contributed by atoms with Gasteiger partial charge in [-0.05, 0) is 35.6 Å². The number of benzene rings is 2. The van der Waals surface area contributed by atoms with Gasteiger partial charge in [0.1, 0.15) is 11.9 Å². The highest BCUT2D eigenvalue weighted by Crippen LogP contribution is 2.30. The van der Waals surface area contributed by atoms with Crippen LogP contribution in [0, 0.1) is 11.7 Å². The first-order valence-electron chi connectivity index (χ1n) is 6.70. The summed E-state index contributed by atoms with van der Waals surface area (Å²) in [5, 5.41) is 10.4. The van der Waals surface area contributed by atoms with E-state index < -0.39 is 11.9 Å². The first kappa shape index (κ1) is 15.2. The Morgan fingerprint density at radius 2 is 1.75 bits per heavy atom. The molecule has 0 aromatic heterocycles. The Morgan fingerprint density at radius 1 is 1.10 bits per heavy atom. The van der Waals surface area contributed by atoms with E-state index in [-0.39, 0.29) is 5.56 Å². The Labute approximate surface area is 127 Å². The molecule has 3 heteroatoms. The summed E-state index contributed by atoms with van der Waals surface area (Å²) in [7, 11) is 0. The van der Waals surface area contributed by atoms with E-state index in [0.29, 0.717) is 16.0 Å². The second kappa shape index (κ2) is 6.51. The van der Waals surface area contributed by atoms with Crippen LogP contribution in [-0.2, 0) is 6.42 Å². The van der Waals surface area contributed by atoms with Crippen LogP contribution in [0.15, 0.2) is 46.9 Å². The fourth-order valence-corrected chi connectivity index (χ4v) is 2.80. The predicted octanol–water partition coefficient (Wildman–Crippen LogP) is 4.87. The molecule has 1 atom stereocenters. The van der Waals surface area contributed by atoms with Crippen molar-refractivity contribution in [3.8, 4) is 0 Å². The van der Waals surface area contributed by atoms with Crippen molar-refractivity contribution < 1.29 is 9.50 Å². The second-order valence-electron chi connectivity index (χ2n) is 5.38. The van der Waals surface area contributed by atoms with Crippen LogP contribution in [0.2, 0.25) is 0 Å². The molecule has 2 aromatic carbocycles. The minimum absolute atomic E-state index is 0.282. The monoisotopic (exact) mass is 336 g/mol. The molecule has 2 aromatic rings. The van der Waals surface area contributed by atoms with E-state index in [9.17, 15) is 9.50 Å². The third-order valence-electron chi connectivity index (χ3n) is 3.21. The molecule has 1 N–H and O–H groups in total. The minimum Gasteiger partial charge on any atom is -0.384 e. The summed E-state index contributed by atoms with van der Waals surface area (Å²) in [6.07, 6.45) is 0.0402. The van der Waals surface area contributed by atoms with Gasteiger partial charge in [0.25, 0.3) is 0 Å². The third kappa shape index (κ3) is 3.47. The van der Waals surface area contributed by atoms with Crippen LogP contribution >= 0.6 is 15.9 Å². The van der Waals surface area contributed by atoms with Crippen molar-refractivity contribution in [1.82, 2.24) is 0 Å². The van der Waals surface area contributed by atoms with Gasteiger partial charge >= 0.3 is 0 Å². The minimum atomic E-state index is -0.960. The standard InChI is InChI=1S/C17H18BrFO/c1-11(2)10-12-6-8-13(9-7-12)17(20)16-14(18)4-3-5-15(16)19/h3-9,11,17,20H,10H2,1-2H3. The fourth-order valence-electron chi connectivity index (χ4n) is 2.25. The largest absolute Gasteiger partial charge is 0.384 e. The molecule has 0 radical (unpaired) electrons. The lowest BCUT2D eigenvalue weighted by Gasteiger charge is -2.15. The van der Waals surface area contributed by atoms with Gasteiger partial charge in [-0.2, -0.15) is 0 Å². The van der Waals surface area contributed by atoms with Crippen molar-refractivity contribution in [2.75, 3.05) is 0 Å². The molecule has 0 amide bonds. The average Bonchev–Trinajstić information content (AvgIpc) is 2.38. The van der Waals surface area contributed by atoms with Crippen molar-refractivity contribution in [3.63, 3.8) is 0 Å². The van der Waals surface area contributed by atoms with Crippen LogP contribution in [0.25, 0.3) is 0 Å². The molecule has 0 heterocycles. The van der Waals surface area contributed by atoms with E-state index in [0.717, 1.165) is 6.42 Å². The molecule has 2 rings (SSSR count). The van der Waals surface area contributed by atoms with Crippen molar-refractivity contribution in [1.29, 1.82) is 0 Å². The van der Waals surface area contributed by atoms with E-state index >= 15 is 0 Å². The van der Waals surface area contributed by atoms with Crippen LogP contribution in [0.1, 0.15) is 36.6 Å². The molecule has 0 aliphatic carbocycles. The zero-order valence-corrected chi connectivity index (χ0v) is 13.2. The van der Waals surface area contributed by atoms with E-state index in [2.05, 4.69) is 29.8 Å². The highest BCUT2D eigenvalue weighted by molar-refractivity contribution is 9.10. The van der Waals surface area contributed by atoms with E-state index in [4.69, 9.17) is 0 Å². The number of hydrogen-bond acceptors (Lipinski definition) is 1. The molecule has 0 bridgehead atoms. The summed E-state index contributed by atoms with van der Waals surface area (Å²) in [6, 6.07) is 12.4. The highest BCUT2D eigenvalue weighted by Gasteiger charge is 2.18. The first-order chi connectivity index (χ1) is 9.49. The van der Waals surface area contributed by atoms with Crippen LogP contribution in [0.5, 0.6) is 0 Å². The molecular weight excluding hydrogens is 319 g/mol. The Balaban J connectivity index is 2.27. The number of aliphatic hydroxyl groups excluding tert-OH is 1. The molecule has 0 fully saturated rings. The van der Waals surface area contributed by atoms with Gasteiger partial charge in [0, 0.05) is 10.0 Å². The summed E-state index contributed by atoms with van der Waals surface area (Å²) in [5.41, 5.74) is 2.20. The van der Waals surface area contributed by atoms with E-state index in [1.807, 2.05) is 24.3 Å². The predicted molar refractivity (Wildman–Crippen MR) is 83.1 cm³/mol. The van der Waals surface area contributed by atoms with Crippen molar-refractivity contribution in [3.05, 3.63) is 69.4 Å². The van der Waals surface area contributed by atoms with Crippen LogP contribution in [0.4, 0.5) is 4.39 Å². The Hall–Kier alpha value is -1.19. The quantitative estimate of drug-likeness (QED) is 0.844. The van der Waals surface area contributed by atoms with Crippen molar-refractivity contribution >= 4 is 15.9 Å². The molecular formula is C17H18BrFO. The molecule has 0 saturated heterocycles. The molecule has 106 valence electrons. The third-order valence-corrected chi connectivity index (χ3v) is 3.90. The number of halogens is 2. The van der Waals surface area contributed by atoms with Crippen LogP contribution in [0.3, 0.4) is 0 Å².